The van der Waals surface area contributed by atoms with Crippen LogP contribution in [0.3, 0.4) is 0 Å². The summed E-state index contributed by atoms with van der Waals surface area (Å²) >= 11 is 0. The topological polar surface area (TPSA) is 175 Å². The Morgan fingerprint density at radius 1 is 0.695 bits per heavy atom. The molecule has 312 valence electrons. The van der Waals surface area contributed by atoms with Gasteiger partial charge < -0.3 is 39.9 Å². The molecule has 0 spiro atoms. The van der Waals surface area contributed by atoms with Crippen molar-refractivity contribution in [3.8, 4) is 33.6 Å². The number of rotatable bonds is 11. The maximum absolute atomic E-state index is 13.9. The van der Waals surface area contributed by atoms with Crippen LogP contribution in [0.15, 0.2) is 48.8 Å². The Morgan fingerprint density at radius 2 is 1.24 bits per heavy atom. The van der Waals surface area contributed by atoms with Crippen LogP contribution in [0.5, 0.6) is 0 Å². The van der Waals surface area contributed by atoms with Crippen LogP contribution in [0.4, 0.5) is 9.59 Å². The Bertz CT molecular complexity index is 2230. The van der Waals surface area contributed by atoms with E-state index < -0.39 is 24.3 Å². The standard InChI is InChI=1S/C45H56N8O6/c1-23(2)38(50-44(56)58-6)42(54)52-25(5)11-18-35(52)40-47-22-34(49-40)32-17-16-29(30-9-8-10-31(30)32)26-12-14-27(15-13-26)33-21-46-41(48-33)37-20-28-19-36(28)53(37)43(55)39(24(3)4)51-45(57)59-7/h12-17,21-25,28,35-39H,8-11,18-20H2,1-7H3,(H,46,48)(H,47,49)(H,50,56)(H,51,57)/t25?,28-,35+,36-,37+,38+,39+/m1/s1. The molecule has 4 aliphatic rings. The van der Waals surface area contributed by atoms with E-state index in [2.05, 4.69) is 63.9 Å². The van der Waals surface area contributed by atoms with Gasteiger partial charge in [0.05, 0.1) is 50.1 Å². The van der Waals surface area contributed by atoms with Gasteiger partial charge in [-0.05, 0) is 97.4 Å². The number of H-pyrrole nitrogens is 2. The number of fused-ring (bicyclic) bond motifs is 2. The molecule has 2 aliphatic heterocycles. The first kappa shape index (κ1) is 40.1. The molecule has 1 saturated carbocycles. The van der Waals surface area contributed by atoms with Crippen molar-refractivity contribution < 1.29 is 28.7 Å². The molecule has 7 atom stereocenters. The van der Waals surface area contributed by atoms with Gasteiger partial charge in [0.25, 0.3) is 0 Å². The van der Waals surface area contributed by atoms with Gasteiger partial charge >= 0.3 is 12.2 Å². The molecule has 2 saturated heterocycles. The summed E-state index contributed by atoms with van der Waals surface area (Å²) < 4.78 is 9.63. The number of hydrogen-bond acceptors (Lipinski definition) is 8. The van der Waals surface area contributed by atoms with E-state index in [1.807, 2.05) is 49.9 Å². The molecule has 3 fully saturated rings. The SMILES string of the molecule is COC(=O)N[C@H](C(=O)N1C(C)CC[C@H]1c1ncc(-c2ccc(-c3ccc(-c4cnc([C@@H]5C[C@H]6C[C@H]6N5C(=O)[C@@H](NC(=O)OC)C(C)C)[nH]4)cc3)c3c2CCC3)[nH]1)C(C)C. The number of benzene rings is 2. The highest BCUT2D eigenvalue weighted by molar-refractivity contribution is 5.88. The molecule has 14 nitrogen and oxygen atoms in total. The van der Waals surface area contributed by atoms with E-state index in [9.17, 15) is 19.2 Å². The van der Waals surface area contributed by atoms with E-state index in [4.69, 9.17) is 19.4 Å². The predicted molar refractivity (Wildman–Crippen MR) is 222 cm³/mol. The lowest BCUT2D eigenvalue weighted by Crippen LogP contribution is -2.52. The van der Waals surface area contributed by atoms with Gasteiger partial charge in [0.1, 0.15) is 23.7 Å². The van der Waals surface area contributed by atoms with Crippen molar-refractivity contribution in [1.29, 1.82) is 0 Å². The average molecular weight is 805 g/mol. The van der Waals surface area contributed by atoms with Crippen molar-refractivity contribution in [2.24, 2.45) is 17.8 Å². The summed E-state index contributed by atoms with van der Waals surface area (Å²) in [7, 11) is 2.61. The zero-order valence-electron chi connectivity index (χ0n) is 35.0. The van der Waals surface area contributed by atoms with Gasteiger partial charge in [-0.25, -0.2) is 19.6 Å². The Morgan fingerprint density at radius 3 is 1.86 bits per heavy atom. The Balaban J connectivity index is 0.990. The second-order valence-electron chi connectivity index (χ2n) is 17.4. The second-order valence-corrected chi connectivity index (χ2v) is 17.4. The number of carbonyl (C=O) groups is 4. The molecule has 8 rings (SSSR count). The van der Waals surface area contributed by atoms with E-state index in [1.54, 1.807) is 0 Å². The molecular formula is C45H56N8O6. The number of aromatic nitrogens is 4. The second kappa shape index (κ2) is 16.2. The summed E-state index contributed by atoms with van der Waals surface area (Å²) in [6, 6.07) is 11.4. The van der Waals surface area contributed by atoms with Crippen molar-refractivity contribution in [3.05, 3.63) is 71.6 Å². The molecule has 4 N–H and O–H groups in total. The van der Waals surface area contributed by atoms with E-state index in [0.29, 0.717) is 5.92 Å². The number of methoxy groups -OCH3 is 2. The van der Waals surface area contributed by atoms with Crippen molar-refractivity contribution in [2.45, 2.75) is 116 Å². The lowest BCUT2D eigenvalue weighted by molar-refractivity contribution is -0.137. The van der Waals surface area contributed by atoms with Gasteiger partial charge in [-0.15, -0.1) is 0 Å². The predicted octanol–water partition coefficient (Wildman–Crippen LogP) is 7.10. The minimum Gasteiger partial charge on any atom is -0.453 e. The number of imidazole rings is 2. The van der Waals surface area contributed by atoms with Crippen molar-refractivity contribution in [3.63, 3.8) is 0 Å². The number of ether oxygens (including phenoxy) is 2. The van der Waals surface area contributed by atoms with E-state index in [0.717, 1.165) is 84.7 Å². The van der Waals surface area contributed by atoms with Crippen LogP contribution in [-0.4, -0.2) is 92.1 Å². The van der Waals surface area contributed by atoms with Crippen molar-refractivity contribution in [2.75, 3.05) is 14.2 Å². The van der Waals surface area contributed by atoms with Gasteiger partial charge in [-0.3, -0.25) is 9.59 Å². The number of nitrogens with zero attached hydrogens (tertiary/aromatic N) is 4. The average Bonchev–Trinajstić information content (AvgIpc) is 3.89. The highest BCUT2D eigenvalue weighted by atomic mass is 16.5. The van der Waals surface area contributed by atoms with E-state index >= 15 is 0 Å². The molecule has 0 radical (unpaired) electrons. The Kier molecular flexibility index (Phi) is 11.0. The van der Waals surface area contributed by atoms with E-state index in [1.165, 1.54) is 30.9 Å². The van der Waals surface area contributed by atoms with Crippen LogP contribution in [0.1, 0.15) is 102 Å². The highest BCUT2D eigenvalue weighted by Gasteiger charge is 2.56. The van der Waals surface area contributed by atoms with Crippen LogP contribution >= 0.6 is 0 Å². The summed E-state index contributed by atoms with van der Waals surface area (Å²) in [5, 5.41) is 5.49. The lowest BCUT2D eigenvalue weighted by atomic mass is 9.92. The molecule has 4 amide bonds. The number of alkyl carbamates (subject to hydrolysis) is 2. The number of nitrogens with one attached hydrogen (secondary N) is 4. The summed E-state index contributed by atoms with van der Waals surface area (Å²) in [5.74, 6) is 1.53. The molecule has 2 aliphatic carbocycles. The number of amides is 4. The van der Waals surface area contributed by atoms with Crippen LogP contribution in [-0.2, 0) is 31.9 Å². The normalized spacial score (nSPS) is 22.9. The number of likely N-dealkylation sites (tertiary alicyclic amines) is 2. The van der Waals surface area contributed by atoms with Crippen molar-refractivity contribution >= 4 is 24.0 Å². The number of piperidine rings is 1. The summed E-state index contributed by atoms with van der Waals surface area (Å²) in [5.41, 5.74) is 9.00. The lowest BCUT2D eigenvalue weighted by Gasteiger charge is -2.32. The first-order valence-electron chi connectivity index (χ1n) is 21.1. The quantitative estimate of drug-likeness (QED) is 0.124. The Labute approximate surface area is 345 Å². The minimum atomic E-state index is -0.700. The third kappa shape index (κ3) is 7.57. The fourth-order valence-electron chi connectivity index (χ4n) is 9.71. The molecule has 2 aromatic heterocycles. The number of aromatic amines is 2. The summed E-state index contributed by atoms with van der Waals surface area (Å²) in [6.07, 6.45) is 8.99. The van der Waals surface area contributed by atoms with Gasteiger partial charge in [0, 0.05) is 17.6 Å². The number of hydrogen-bond donors (Lipinski definition) is 4. The first-order chi connectivity index (χ1) is 28.4. The summed E-state index contributed by atoms with van der Waals surface area (Å²) in [6.45, 7) is 9.74. The fraction of sp³-hybridized carbons (Fsp3) is 0.511. The van der Waals surface area contributed by atoms with Crippen LogP contribution in [0.25, 0.3) is 33.6 Å². The number of carbonyl (C=O) groups excluding carboxylic acids is 4. The van der Waals surface area contributed by atoms with Gasteiger partial charge in [0.2, 0.25) is 11.8 Å². The fourth-order valence-corrected chi connectivity index (χ4v) is 9.71. The molecule has 4 aromatic rings. The Hall–Kier alpha value is -5.66. The van der Waals surface area contributed by atoms with Crippen LogP contribution in [0.2, 0.25) is 0 Å². The molecule has 2 aromatic carbocycles. The highest BCUT2D eigenvalue weighted by Crippen LogP contribution is 2.53. The zero-order chi connectivity index (χ0) is 41.7. The molecule has 4 heterocycles. The zero-order valence-corrected chi connectivity index (χ0v) is 35.0. The molecule has 1 unspecified atom stereocenters. The maximum Gasteiger partial charge on any atom is 0.407 e. The maximum atomic E-state index is 13.9. The summed E-state index contributed by atoms with van der Waals surface area (Å²) in [4.78, 5) is 72.5. The third-order valence-corrected chi connectivity index (χ3v) is 13.0. The van der Waals surface area contributed by atoms with Gasteiger partial charge in [-0.2, -0.15) is 0 Å². The van der Waals surface area contributed by atoms with E-state index in [-0.39, 0.29) is 47.8 Å². The molecular weight excluding hydrogens is 749 g/mol. The minimum absolute atomic E-state index is 0.00616. The van der Waals surface area contributed by atoms with Crippen LogP contribution in [0, 0.1) is 17.8 Å². The smallest absolute Gasteiger partial charge is 0.407 e. The monoisotopic (exact) mass is 804 g/mol. The largest absolute Gasteiger partial charge is 0.453 e. The third-order valence-electron chi connectivity index (χ3n) is 13.0. The molecule has 59 heavy (non-hydrogen) atoms. The molecule has 14 heteroatoms. The van der Waals surface area contributed by atoms with Gasteiger partial charge in [0.15, 0.2) is 0 Å². The van der Waals surface area contributed by atoms with Crippen molar-refractivity contribution in [1.82, 2.24) is 40.4 Å². The molecule has 0 bridgehead atoms. The van der Waals surface area contributed by atoms with Gasteiger partial charge in [-0.1, -0.05) is 64.1 Å². The first-order valence-corrected chi connectivity index (χ1v) is 21.1. The van der Waals surface area contributed by atoms with Crippen LogP contribution < -0.4 is 10.6 Å².